The van der Waals surface area contributed by atoms with Crippen molar-refractivity contribution in [3.63, 3.8) is 0 Å². The van der Waals surface area contributed by atoms with Gasteiger partial charge in [0.2, 0.25) is 0 Å². The van der Waals surface area contributed by atoms with E-state index in [9.17, 15) is 9.18 Å². The van der Waals surface area contributed by atoms with Gasteiger partial charge in [-0.25, -0.2) is 4.39 Å². The van der Waals surface area contributed by atoms with Crippen LogP contribution in [0, 0.1) is 5.82 Å². The summed E-state index contributed by atoms with van der Waals surface area (Å²) in [5.74, 6) is 1.18. The molecule has 3 rings (SSSR count). The average molecular weight is 317 g/mol. The first-order chi connectivity index (χ1) is 10.7. The van der Waals surface area contributed by atoms with E-state index < -0.39 is 0 Å². The van der Waals surface area contributed by atoms with Gasteiger partial charge in [0.1, 0.15) is 11.6 Å². The molecule has 114 valence electrons. The van der Waals surface area contributed by atoms with Crippen LogP contribution in [0.5, 0.6) is 5.75 Å². The smallest absolute Gasteiger partial charge is 0.251 e. The van der Waals surface area contributed by atoms with Crippen molar-refractivity contribution in [3.05, 3.63) is 59.4 Å². The molecule has 3 nitrogen and oxygen atoms in total. The first kappa shape index (κ1) is 14.9. The first-order valence-electron chi connectivity index (χ1n) is 7.04. The molecule has 1 atom stereocenters. The number of hydrogen-bond acceptors (Lipinski definition) is 3. The number of hydrogen-bond donors (Lipinski definition) is 1. The molecule has 1 heterocycles. The Morgan fingerprint density at radius 2 is 2.05 bits per heavy atom. The SMILES string of the molecule is COc1ccc(C(=O)NC2CCSc3ccc(F)cc32)cc1. The number of carbonyl (C=O) groups is 1. The maximum Gasteiger partial charge on any atom is 0.251 e. The lowest BCUT2D eigenvalue weighted by Gasteiger charge is -2.26. The molecule has 0 aliphatic carbocycles. The van der Waals surface area contributed by atoms with Crippen LogP contribution in [-0.2, 0) is 0 Å². The Morgan fingerprint density at radius 3 is 2.77 bits per heavy atom. The third-order valence-electron chi connectivity index (χ3n) is 3.67. The average Bonchev–Trinajstić information content (AvgIpc) is 2.55. The second kappa shape index (κ2) is 6.40. The van der Waals surface area contributed by atoms with Crippen molar-refractivity contribution in [1.29, 1.82) is 0 Å². The van der Waals surface area contributed by atoms with Crippen molar-refractivity contribution in [2.24, 2.45) is 0 Å². The van der Waals surface area contributed by atoms with Gasteiger partial charge in [-0.15, -0.1) is 11.8 Å². The fourth-order valence-corrected chi connectivity index (χ4v) is 3.60. The maximum atomic E-state index is 13.5. The van der Waals surface area contributed by atoms with Crippen LogP contribution < -0.4 is 10.1 Å². The van der Waals surface area contributed by atoms with Crippen LogP contribution in [0.25, 0.3) is 0 Å². The van der Waals surface area contributed by atoms with Crippen molar-refractivity contribution >= 4 is 17.7 Å². The molecule has 0 saturated carbocycles. The number of benzene rings is 2. The Balaban J connectivity index is 1.78. The fraction of sp³-hybridized carbons (Fsp3) is 0.235. The summed E-state index contributed by atoms with van der Waals surface area (Å²) in [6.45, 7) is 0. The highest BCUT2D eigenvalue weighted by atomic mass is 32.2. The fourth-order valence-electron chi connectivity index (χ4n) is 2.50. The lowest BCUT2D eigenvalue weighted by Crippen LogP contribution is -2.30. The monoisotopic (exact) mass is 317 g/mol. The highest BCUT2D eigenvalue weighted by Crippen LogP contribution is 2.36. The van der Waals surface area contributed by atoms with Gasteiger partial charge >= 0.3 is 0 Å². The molecule has 0 saturated heterocycles. The number of methoxy groups -OCH3 is 1. The molecule has 1 unspecified atom stereocenters. The largest absolute Gasteiger partial charge is 0.497 e. The Kier molecular flexibility index (Phi) is 4.34. The number of thioether (sulfide) groups is 1. The normalized spacial score (nSPS) is 16.7. The van der Waals surface area contributed by atoms with Crippen molar-refractivity contribution < 1.29 is 13.9 Å². The highest BCUT2D eigenvalue weighted by Gasteiger charge is 2.23. The van der Waals surface area contributed by atoms with Gasteiger partial charge in [0.25, 0.3) is 5.91 Å². The van der Waals surface area contributed by atoms with Crippen LogP contribution in [0.3, 0.4) is 0 Å². The van der Waals surface area contributed by atoms with E-state index in [2.05, 4.69) is 5.32 Å². The predicted molar refractivity (Wildman–Crippen MR) is 84.9 cm³/mol. The molecule has 1 aliphatic rings. The molecule has 1 amide bonds. The second-order valence-electron chi connectivity index (χ2n) is 5.07. The molecule has 0 bridgehead atoms. The molecule has 1 N–H and O–H groups in total. The number of halogens is 1. The minimum atomic E-state index is -0.273. The maximum absolute atomic E-state index is 13.5. The summed E-state index contributed by atoms with van der Waals surface area (Å²) < 4.78 is 18.6. The van der Waals surface area contributed by atoms with E-state index in [-0.39, 0.29) is 17.8 Å². The van der Waals surface area contributed by atoms with Crippen LogP contribution >= 0.6 is 11.8 Å². The Bertz CT molecular complexity index is 688. The number of ether oxygens (including phenoxy) is 1. The lowest BCUT2D eigenvalue weighted by molar-refractivity contribution is 0.0935. The van der Waals surface area contributed by atoms with E-state index in [0.717, 1.165) is 22.6 Å². The molecule has 1 aliphatic heterocycles. The molecule has 2 aromatic rings. The topological polar surface area (TPSA) is 38.3 Å². The molecular weight excluding hydrogens is 301 g/mol. The van der Waals surface area contributed by atoms with E-state index in [1.54, 1.807) is 49.2 Å². The summed E-state index contributed by atoms with van der Waals surface area (Å²) in [6, 6.07) is 11.5. The van der Waals surface area contributed by atoms with Crippen molar-refractivity contribution in [3.8, 4) is 5.75 Å². The molecule has 0 radical (unpaired) electrons. The van der Waals surface area contributed by atoms with Crippen LogP contribution in [-0.4, -0.2) is 18.8 Å². The van der Waals surface area contributed by atoms with Crippen LogP contribution in [0.15, 0.2) is 47.4 Å². The number of amides is 1. The van der Waals surface area contributed by atoms with E-state index in [1.807, 2.05) is 0 Å². The third kappa shape index (κ3) is 3.09. The molecule has 2 aromatic carbocycles. The minimum absolute atomic E-state index is 0.151. The minimum Gasteiger partial charge on any atom is -0.497 e. The number of fused-ring (bicyclic) bond motifs is 1. The van der Waals surface area contributed by atoms with Crippen LogP contribution in [0.4, 0.5) is 4.39 Å². The Hall–Kier alpha value is -2.01. The first-order valence-corrected chi connectivity index (χ1v) is 8.03. The second-order valence-corrected chi connectivity index (χ2v) is 6.21. The zero-order chi connectivity index (χ0) is 15.5. The lowest BCUT2D eigenvalue weighted by atomic mass is 10.0. The van der Waals surface area contributed by atoms with Crippen LogP contribution in [0.1, 0.15) is 28.4 Å². The number of carbonyl (C=O) groups excluding carboxylic acids is 1. The third-order valence-corrected chi connectivity index (χ3v) is 4.79. The highest BCUT2D eigenvalue weighted by molar-refractivity contribution is 7.99. The zero-order valence-corrected chi connectivity index (χ0v) is 13.0. The van der Waals surface area contributed by atoms with Gasteiger partial charge in [-0.2, -0.15) is 0 Å². The molecular formula is C17H16FNO2S. The Morgan fingerprint density at radius 1 is 1.27 bits per heavy atom. The van der Waals surface area contributed by atoms with Gasteiger partial charge in [-0.05, 0) is 54.4 Å². The number of nitrogens with one attached hydrogen (secondary N) is 1. The predicted octanol–water partition coefficient (Wildman–Crippen LogP) is 3.80. The summed E-state index contributed by atoms with van der Waals surface area (Å²) >= 11 is 1.69. The quantitative estimate of drug-likeness (QED) is 0.936. The van der Waals surface area contributed by atoms with E-state index >= 15 is 0 Å². The zero-order valence-electron chi connectivity index (χ0n) is 12.1. The summed E-state index contributed by atoms with van der Waals surface area (Å²) in [5.41, 5.74) is 1.43. The van der Waals surface area contributed by atoms with Crippen molar-refractivity contribution in [2.45, 2.75) is 17.4 Å². The summed E-state index contributed by atoms with van der Waals surface area (Å²) in [7, 11) is 1.58. The van der Waals surface area contributed by atoms with Gasteiger partial charge in [0.15, 0.2) is 0 Å². The molecule has 0 fully saturated rings. The van der Waals surface area contributed by atoms with Crippen molar-refractivity contribution in [2.75, 3.05) is 12.9 Å². The summed E-state index contributed by atoms with van der Waals surface area (Å²) in [5, 5.41) is 3.00. The molecule has 22 heavy (non-hydrogen) atoms. The van der Waals surface area contributed by atoms with E-state index in [4.69, 9.17) is 4.74 Å². The Labute approximate surface area is 132 Å². The van der Waals surface area contributed by atoms with E-state index in [0.29, 0.717) is 11.3 Å². The van der Waals surface area contributed by atoms with Gasteiger partial charge in [0, 0.05) is 16.2 Å². The van der Waals surface area contributed by atoms with Crippen LogP contribution in [0.2, 0.25) is 0 Å². The summed E-state index contributed by atoms with van der Waals surface area (Å²) in [4.78, 5) is 13.4. The standard InChI is InChI=1S/C17H16FNO2S/c1-21-13-5-2-11(3-6-13)17(20)19-15-8-9-22-16-7-4-12(18)10-14(15)16/h2-7,10,15H,8-9H2,1H3,(H,19,20). The summed E-state index contributed by atoms with van der Waals surface area (Å²) in [6.07, 6.45) is 0.795. The van der Waals surface area contributed by atoms with Gasteiger partial charge < -0.3 is 10.1 Å². The van der Waals surface area contributed by atoms with Gasteiger partial charge in [0.05, 0.1) is 13.2 Å². The van der Waals surface area contributed by atoms with Gasteiger partial charge in [-0.1, -0.05) is 0 Å². The van der Waals surface area contributed by atoms with Crippen molar-refractivity contribution in [1.82, 2.24) is 5.32 Å². The molecule has 0 spiro atoms. The molecule has 0 aromatic heterocycles. The number of rotatable bonds is 3. The molecule has 5 heteroatoms. The van der Waals surface area contributed by atoms with Gasteiger partial charge in [-0.3, -0.25) is 4.79 Å². The van der Waals surface area contributed by atoms with E-state index in [1.165, 1.54) is 12.1 Å².